The number of H-pyrrole nitrogens is 1. The van der Waals surface area contributed by atoms with Crippen LogP contribution in [0.25, 0.3) is 21.8 Å². The number of aromatic nitrogens is 3. The van der Waals surface area contributed by atoms with Gasteiger partial charge in [-0.25, -0.2) is 4.98 Å². The number of hydrogen-bond donors (Lipinski definition) is 2. The molecule has 0 aliphatic rings. The third-order valence-electron chi connectivity index (χ3n) is 4.22. The fraction of sp³-hybridized carbons (Fsp3) is 0.150. The maximum atomic E-state index is 12.0. The van der Waals surface area contributed by atoms with Crippen molar-refractivity contribution in [1.82, 2.24) is 20.3 Å². The van der Waals surface area contributed by atoms with Crippen LogP contribution in [0, 0.1) is 0 Å². The number of amides is 1. The largest absolute Gasteiger partial charge is 0.352 e. The lowest BCUT2D eigenvalue weighted by Gasteiger charge is -2.03. The average molecular weight is 330 g/mol. The summed E-state index contributed by atoms with van der Waals surface area (Å²) < 4.78 is 0. The SMILES string of the molecule is O=C(NCCCc1nc2cc3ccccc3cc2[nH]1)c1ccncc1. The molecule has 5 nitrogen and oxygen atoms in total. The van der Waals surface area contributed by atoms with E-state index in [0.717, 1.165) is 29.7 Å². The smallest absolute Gasteiger partial charge is 0.251 e. The Morgan fingerprint density at radius 3 is 2.60 bits per heavy atom. The van der Waals surface area contributed by atoms with Crippen LogP contribution < -0.4 is 5.32 Å². The number of imidazole rings is 1. The second-order valence-electron chi connectivity index (χ2n) is 6.00. The van der Waals surface area contributed by atoms with E-state index < -0.39 is 0 Å². The maximum absolute atomic E-state index is 12.0. The summed E-state index contributed by atoms with van der Waals surface area (Å²) in [5.74, 6) is 0.877. The van der Waals surface area contributed by atoms with Crippen molar-refractivity contribution in [3.8, 4) is 0 Å². The number of carbonyl (C=O) groups is 1. The molecule has 2 aromatic carbocycles. The van der Waals surface area contributed by atoms with E-state index in [1.165, 1.54) is 10.8 Å². The van der Waals surface area contributed by atoms with Crippen LogP contribution >= 0.6 is 0 Å². The summed E-state index contributed by atoms with van der Waals surface area (Å²) >= 11 is 0. The molecule has 0 bridgehead atoms. The van der Waals surface area contributed by atoms with Crippen LogP contribution in [0.15, 0.2) is 60.9 Å². The predicted molar refractivity (Wildman–Crippen MR) is 98.5 cm³/mol. The summed E-state index contributed by atoms with van der Waals surface area (Å²) in [6.45, 7) is 0.611. The maximum Gasteiger partial charge on any atom is 0.251 e. The molecule has 2 heterocycles. The van der Waals surface area contributed by atoms with E-state index in [9.17, 15) is 4.79 Å². The van der Waals surface area contributed by atoms with Gasteiger partial charge in [-0.15, -0.1) is 0 Å². The minimum absolute atomic E-state index is 0.0711. The molecule has 2 N–H and O–H groups in total. The number of benzene rings is 2. The van der Waals surface area contributed by atoms with E-state index in [2.05, 4.69) is 44.5 Å². The van der Waals surface area contributed by atoms with Crippen molar-refractivity contribution in [2.24, 2.45) is 0 Å². The molecule has 0 saturated heterocycles. The van der Waals surface area contributed by atoms with Crippen molar-refractivity contribution >= 4 is 27.7 Å². The Bertz CT molecular complexity index is 971. The summed E-state index contributed by atoms with van der Waals surface area (Å²) in [7, 11) is 0. The zero-order valence-electron chi connectivity index (χ0n) is 13.7. The molecular formula is C20H18N4O. The molecule has 4 rings (SSSR count). The van der Waals surface area contributed by atoms with Crippen LogP contribution in [-0.4, -0.2) is 27.4 Å². The van der Waals surface area contributed by atoms with Crippen molar-refractivity contribution in [1.29, 1.82) is 0 Å². The summed E-state index contributed by atoms with van der Waals surface area (Å²) in [5.41, 5.74) is 2.66. The van der Waals surface area contributed by atoms with Crippen LogP contribution in [0.2, 0.25) is 0 Å². The van der Waals surface area contributed by atoms with Crippen molar-refractivity contribution in [2.45, 2.75) is 12.8 Å². The molecule has 0 unspecified atom stereocenters. The minimum atomic E-state index is -0.0711. The molecule has 124 valence electrons. The number of nitrogens with one attached hydrogen (secondary N) is 2. The molecule has 0 saturated carbocycles. The van der Waals surface area contributed by atoms with Crippen LogP contribution in [-0.2, 0) is 6.42 Å². The molecule has 25 heavy (non-hydrogen) atoms. The number of hydrogen-bond acceptors (Lipinski definition) is 3. The van der Waals surface area contributed by atoms with Gasteiger partial charge in [0.1, 0.15) is 5.82 Å². The highest BCUT2D eigenvalue weighted by molar-refractivity contribution is 5.95. The Morgan fingerprint density at radius 2 is 1.80 bits per heavy atom. The third kappa shape index (κ3) is 3.35. The van der Waals surface area contributed by atoms with E-state index >= 15 is 0 Å². The van der Waals surface area contributed by atoms with Gasteiger partial charge in [0.05, 0.1) is 11.0 Å². The highest BCUT2D eigenvalue weighted by Crippen LogP contribution is 2.21. The van der Waals surface area contributed by atoms with E-state index in [4.69, 9.17) is 0 Å². The van der Waals surface area contributed by atoms with Gasteiger partial charge in [0.2, 0.25) is 0 Å². The summed E-state index contributed by atoms with van der Waals surface area (Å²) in [5, 5.41) is 5.32. The van der Waals surface area contributed by atoms with Crippen LogP contribution in [0.1, 0.15) is 22.6 Å². The van der Waals surface area contributed by atoms with Crippen LogP contribution in [0.4, 0.5) is 0 Å². The van der Waals surface area contributed by atoms with E-state index in [0.29, 0.717) is 12.1 Å². The molecule has 4 aromatic rings. The van der Waals surface area contributed by atoms with Crippen LogP contribution in [0.5, 0.6) is 0 Å². The van der Waals surface area contributed by atoms with Gasteiger partial charge < -0.3 is 10.3 Å². The first kappa shape index (κ1) is 15.3. The lowest BCUT2D eigenvalue weighted by atomic mass is 10.1. The quantitative estimate of drug-likeness (QED) is 0.550. The fourth-order valence-electron chi connectivity index (χ4n) is 2.93. The fourth-order valence-corrected chi connectivity index (χ4v) is 2.93. The molecule has 0 aliphatic heterocycles. The van der Waals surface area contributed by atoms with Crippen molar-refractivity contribution in [3.63, 3.8) is 0 Å². The first-order chi connectivity index (χ1) is 12.3. The second kappa shape index (κ2) is 6.73. The minimum Gasteiger partial charge on any atom is -0.352 e. The van der Waals surface area contributed by atoms with Crippen molar-refractivity contribution in [3.05, 3.63) is 72.3 Å². The second-order valence-corrected chi connectivity index (χ2v) is 6.00. The Morgan fingerprint density at radius 1 is 1.04 bits per heavy atom. The first-order valence-corrected chi connectivity index (χ1v) is 8.35. The zero-order chi connectivity index (χ0) is 17.1. The third-order valence-corrected chi connectivity index (χ3v) is 4.22. The van der Waals surface area contributed by atoms with Gasteiger partial charge in [-0.2, -0.15) is 0 Å². The summed E-state index contributed by atoms with van der Waals surface area (Å²) in [6.07, 6.45) is 4.86. The molecule has 1 amide bonds. The topological polar surface area (TPSA) is 70.7 Å². The lowest BCUT2D eigenvalue weighted by molar-refractivity contribution is 0.0953. The summed E-state index contributed by atoms with van der Waals surface area (Å²) in [6, 6.07) is 15.9. The van der Waals surface area contributed by atoms with E-state index in [1.54, 1.807) is 24.5 Å². The molecule has 0 fully saturated rings. The zero-order valence-corrected chi connectivity index (χ0v) is 13.7. The Labute approximate surface area is 145 Å². The van der Waals surface area contributed by atoms with E-state index in [-0.39, 0.29) is 5.91 Å². The van der Waals surface area contributed by atoms with Gasteiger partial charge in [0.15, 0.2) is 0 Å². The predicted octanol–water partition coefficient (Wildman–Crippen LogP) is 3.47. The average Bonchev–Trinajstić information content (AvgIpc) is 3.05. The van der Waals surface area contributed by atoms with Gasteiger partial charge in [0.25, 0.3) is 5.91 Å². The number of fused-ring (bicyclic) bond motifs is 2. The molecular weight excluding hydrogens is 312 g/mol. The van der Waals surface area contributed by atoms with E-state index in [1.807, 2.05) is 12.1 Å². The normalized spacial score (nSPS) is 11.0. The number of aromatic amines is 1. The molecule has 0 spiro atoms. The number of carbonyl (C=O) groups excluding carboxylic acids is 1. The van der Waals surface area contributed by atoms with Gasteiger partial charge in [-0.3, -0.25) is 9.78 Å². The van der Waals surface area contributed by atoms with Crippen molar-refractivity contribution in [2.75, 3.05) is 6.54 Å². The van der Waals surface area contributed by atoms with Crippen molar-refractivity contribution < 1.29 is 4.79 Å². The Kier molecular flexibility index (Phi) is 4.12. The summed E-state index contributed by atoms with van der Waals surface area (Å²) in [4.78, 5) is 23.9. The highest BCUT2D eigenvalue weighted by atomic mass is 16.1. The highest BCUT2D eigenvalue weighted by Gasteiger charge is 2.06. The number of aryl methyl sites for hydroxylation is 1. The standard InChI is InChI=1S/C20H18N4O/c25-20(14-7-10-21-11-8-14)22-9-3-6-19-23-17-12-15-4-1-2-5-16(15)13-18(17)24-19/h1-2,4-5,7-8,10-13H,3,6,9H2,(H,22,25)(H,23,24). The van der Waals surface area contributed by atoms with Gasteiger partial charge in [0, 0.05) is 30.9 Å². The molecule has 0 aliphatic carbocycles. The Hall–Kier alpha value is -3.21. The van der Waals surface area contributed by atoms with Gasteiger partial charge >= 0.3 is 0 Å². The molecule has 0 radical (unpaired) electrons. The number of rotatable bonds is 5. The number of nitrogens with zero attached hydrogens (tertiary/aromatic N) is 2. The lowest BCUT2D eigenvalue weighted by Crippen LogP contribution is -2.24. The van der Waals surface area contributed by atoms with Gasteiger partial charge in [-0.05, 0) is 41.5 Å². The molecule has 2 aromatic heterocycles. The van der Waals surface area contributed by atoms with Crippen LogP contribution in [0.3, 0.4) is 0 Å². The number of pyridine rings is 1. The molecule has 0 atom stereocenters. The monoisotopic (exact) mass is 330 g/mol. The molecule has 5 heteroatoms. The first-order valence-electron chi connectivity index (χ1n) is 8.35. The van der Waals surface area contributed by atoms with Gasteiger partial charge in [-0.1, -0.05) is 24.3 Å². The Balaban J connectivity index is 1.38.